The molecule has 1 aromatic carbocycles. The van der Waals surface area contributed by atoms with Gasteiger partial charge in [-0.25, -0.2) is 4.98 Å². The van der Waals surface area contributed by atoms with E-state index < -0.39 is 0 Å². The number of aryl methyl sites for hydroxylation is 4. The Bertz CT molecular complexity index is 1010. The van der Waals surface area contributed by atoms with Crippen molar-refractivity contribution in [2.75, 3.05) is 5.32 Å². The molecule has 0 aliphatic carbocycles. The minimum absolute atomic E-state index is 0.135. The molecule has 0 radical (unpaired) electrons. The molecule has 0 aliphatic rings. The van der Waals surface area contributed by atoms with Crippen LogP contribution in [-0.4, -0.2) is 15.5 Å². The number of benzene rings is 1. The van der Waals surface area contributed by atoms with Crippen molar-refractivity contribution < 1.29 is 4.79 Å². The fourth-order valence-electron chi connectivity index (χ4n) is 2.70. The molecule has 0 fully saturated rings. The quantitative estimate of drug-likeness (QED) is 0.702. The van der Waals surface area contributed by atoms with Crippen LogP contribution in [0.2, 0.25) is 0 Å². The number of carbonyl (C=O) groups is 1. The third-order valence-electron chi connectivity index (χ3n) is 3.95. The van der Waals surface area contributed by atoms with Crippen molar-refractivity contribution in [3.8, 4) is 0 Å². The number of hydrogen-bond donors (Lipinski definition) is 1. The molecule has 1 amide bonds. The molecule has 2 aromatic heterocycles. The predicted molar refractivity (Wildman–Crippen MR) is 101 cm³/mol. The summed E-state index contributed by atoms with van der Waals surface area (Å²) in [4.78, 5) is 30.4. The lowest BCUT2D eigenvalue weighted by atomic mass is 10.1. The molecule has 0 atom stereocenters. The molecule has 5 nitrogen and oxygen atoms in total. The van der Waals surface area contributed by atoms with Crippen LogP contribution >= 0.6 is 27.3 Å². The second-order valence-electron chi connectivity index (χ2n) is 5.77. The lowest BCUT2D eigenvalue weighted by Gasteiger charge is -2.12. The Labute approximate surface area is 151 Å². The van der Waals surface area contributed by atoms with E-state index in [9.17, 15) is 9.59 Å². The molecule has 124 valence electrons. The van der Waals surface area contributed by atoms with E-state index >= 15 is 0 Å². The smallest absolute Gasteiger partial charge is 0.266 e. The first kappa shape index (κ1) is 16.9. The summed E-state index contributed by atoms with van der Waals surface area (Å²) in [5, 5.41) is 3.49. The van der Waals surface area contributed by atoms with Gasteiger partial charge in [0, 0.05) is 17.2 Å². The number of nitrogens with zero attached hydrogens (tertiary/aromatic N) is 2. The van der Waals surface area contributed by atoms with Crippen molar-refractivity contribution in [3.63, 3.8) is 0 Å². The van der Waals surface area contributed by atoms with Crippen molar-refractivity contribution in [2.24, 2.45) is 7.05 Å². The van der Waals surface area contributed by atoms with Crippen LogP contribution in [0.15, 0.2) is 27.7 Å². The van der Waals surface area contributed by atoms with E-state index in [4.69, 9.17) is 0 Å². The van der Waals surface area contributed by atoms with Crippen molar-refractivity contribution in [1.82, 2.24) is 9.55 Å². The van der Waals surface area contributed by atoms with Crippen LogP contribution in [0.25, 0.3) is 10.2 Å². The van der Waals surface area contributed by atoms with Gasteiger partial charge in [0.25, 0.3) is 11.5 Å². The molecule has 1 N–H and O–H groups in total. The Morgan fingerprint density at radius 1 is 1.25 bits per heavy atom. The summed E-state index contributed by atoms with van der Waals surface area (Å²) in [6.45, 7) is 5.68. The summed E-state index contributed by atoms with van der Waals surface area (Å²) in [6.07, 6.45) is 1.48. The molecule has 7 heteroatoms. The number of anilines is 1. The number of amides is 1. The number of halogens is 1. The maximum absolute atomic E-state index is 12.7. The zero-order valence-electron chi connectivity index (χ0n) is 13.7. The fraction of sp³-hybridized carbons (Fsp3) is 0.235. The molecule has 0 unspecified atom stereocenters. The van der Waals surface area contributed by atoms with Crippen LogP contribution in [0.3, 0.4) is 0 Å². The molecule has 3 rings (SSSR count). The van der Waals surface area contributed by atoms with Gasteiger partial charge in [0.05, 0.1) is 16.6 Å². The monoisotopic (exact) mass is 405 g/mol. The van der Waals surface area contributed by atoms with Crippen LogP contribution in [0.1, 0.15) is 26.4 Å². The Morgan fingerprint density at radius 2 is 1.88 bits per heavy atom. The average molecular weight is 406 g/mol. The predicted octanol–water partition coefficient (Wildman–Crippen LogP) is 3.94. The molecule has 2 heterocycles. The van der Waals surface area contributed by atoms with Gasteiger partial charge in [0.1, 0.15) is 4.83 Å². The number of rotatable bonds is 2. The number of nitrogens with one attached hydrogen (secondary N) is 1. The summed E-state index contributed by atoms with van der Waals surface area (Å²) >= 11 is 4.70. The van der Waals surface area contributed by atoms with Crippen molar-refractivity contribution in [1.29, 1.82) is 0 Å². The molecule has 0 aliphatic heterocycles. The number of thiophene rings is 1. The normalized spacial score (nSPS) is 11.0. The summed E-state index contributed by atoms with van der Waals surface area (Å²) in [7, 11) is 1.65. The van der Waals surface area contributed by atoms with E-state index in [1.807, 2.05) is 26.0 Å². The molecule has 0 bridgehead atoms. The molecular weight excluding hydrogens is 390 g/mol. The highest BCUT2D eigenvalue weighted by atomic mass is 79.9. The second-order valence-corrected chi connectivity index (χ2v) is 7.68. The number of carbonyl (C=O) groups excluding carboxylic acids is 1. The third-order valence-corrected chi connectivity index (χ3v) is 5.61. The van der Waals surface area contributed by atoms with Gasteiger partial charge >= 0.3 is 0 Å². The summed E-state index contributed by atoms with van der Waals surface area (Å²) < 4.78 is 2.40. The molecule has 3 aromatic rings. The molecule has 0 saturated carbocycles. The zero-order valence-corrected chi connectivity index (χ0v) is 16.1. The van der Waals surface area contributed by atoms with E-state index in [1.165, 1.54) is 22.2 Å². The minimum Gasteiger partial charge on any atom is -0.321 e. The first-order valence-electron chi connectivity index (χ1n) is 7.32. The summed E-state index contributed by atoms with van der Waals surface area (Å²) in [5.74, 6) is -0.217. The van der Waals surface area contributed by atoms with Gasteiger partial charge in [0.15, 0.2) is 0 Å². The van der Waals surface area contributed by atoms with Crippen molar-refractivity contribution in [2.45, 2.75) is 20.8 Å². The van der Waals surface area contributed by atoms with E-state index in [2.05, 4.69) is 26.2 Å². The number of hydrogen-bond acceptors (Lipinski definition) is 4. The van der Waals surface area contributed by atoms with Crippen molar-refractivity contribution in [3.05, 3.63) is 54.9 Å². The van der Waals surface area contributed by atoms with Crippen LogP contribution < -0.4 is 10.9 Å². The Balaban J connectivity index is 2.06. The SMILES string of the molecule is Cc1cc(Br)cc(C)c1NC(=O)c1sc2ncn(C)c(=O)c2c1C. The maximum Gasteiger partial charge on any atom is 0.266 e. The van der Waals surface area contributed by atoms with E-state index in [1.54, 1.807) is 14.0 Å². The highest BCUT2D eigenvalue weighted by Crippen LogP contribution is 2.30. The topological polar surface area (TPSA) is 64.0 Å². The summed E-state index contributed by atoms with van der Waals surface area (Å²) in [6, 6.07) is 3.91. The van der Waals surface area contributed by atoms with Gasteiger partial charge in [-0.2, -0.15) is 0 Å². The number of fused-ring (bicyclic) bond motifs is 1. The van der Waals surface area contributed by atoms with Gasteiger partial charge < -0.3 is 9.88 Å². The Morgan fingerprint density at radius 3 is 2.50 bits per heavy atom. The lowest BCUT2D eigenvalue weighted by Crippen LogP contribution is -2.17. The van der Waals surface area contributed by atoms with E-state index in [-0.39, 0.29) is 11.5 Å². The van der Waals surface area contributed by atoms with Crippen LogP contribution in [0, 0.1) is 20.8 Å². The van der Waals surface area contributed by atoms with Crippen LogP contribution in [0.5, 0.6) is 0 Å². The van der Waals surface area contributed by atoms with Gasteiger partial charge in [-0.1, -0.05) is 15.9 Å². The summed E-state index contributed by atoms with van der Waals surface area (Å²) in [5.41, 5.74) is 3.28. The molecular formula is C17H16BrN3O2S. The maximum atomic E-state index is 12.7. The van der Waals surface area contributed by atoms with E-state index in [0.29, 0.717) is 20.7 Å². The molecule has 0 spiro atoms. The molecule has 0 saturated heterocycles. The second kappa shape index (κ2) is 6.14. The van der Waals surface area contributed by atoms with Crippen LogP contribution in [0.4, 0.5) is 5.69 Å². The highest BCUT2D eigenvalue weighted by Gasteiger charge is 2.20. The van der Waals surface area contributed by atoms with Crippen LogP contribution in [-0.2, 0) is 7.05 Å². The largest absolute Gasteiger partial charge is 0.321 e. The standard InChI is InChI=1S/C17H16BrN3O2S/c1-8-5-11(18)6-9(2)13(8)20-15(22)14-10(3)12-16(24-14)19-7-21(4)17(12)23/h5-7H,1-4H3,(H,20,22). The Kier molecular flexibility index (Phi) is 4.31. The third kappa shape index (κ3) is 2.78. The zero-order chi connectivity index (χ0) is 17.6. The Hall–Kier alpha value is -1.99. The number of aromatic nitrogens is 2. The van der Waals surface area contributed by atoms with Gasteiger partial charge in [-0.3, -0.25) is 9.59 Å². The average Bonchev–Trinajstić information content (AvgIpc) is 2.84. The van der Waals surface area contributed by atoms with Crippen molar-refractivity contribution >= 4 is 49.1 Å². The minimum atomic E-state index is -0.217. The first-order chi connectivity index (χ1) is 11.3. The van der Waals surface area contributed by atoms with Gasteiger partial charge in [-0.05, 0) is 49.6 Å². The van der Waals surface area contributed by atoms with E-state index in [0.717, 1.165) is 21.3 Å². The highest BCUT2D eigenvalue weighted by molar-refractivity contribution is 9.10. The van der Waals surface area contributed by atoms with Gasteiger partial charge in [-0.15, -0.1) is 11.3 Å². The lowest BCUT2D eigenvalue weighted by molar-refractivity contribution is 0.103. The van der Waals surface area contributed by atoms with Gasteiger partial charge in [0.2, 0.25) is 0 Å². The first-order valence-corrected chi connectivity index (χ1v) is 8.93. The molecule has 24 heavy (non-hydrogen) atoms. The fourth-order valence-corrected chi connectivity index (χ4v) is 4.42.